The number of para-hydroxylation sites is 1. The van der Waals surface area contributed by atoms with E-state index in [4.69, 9.17) is 0 Å². The quantitative estimate of drug-likeness (QED) is 0.509. The van der Waals surface area contributed by atoms with E-state index in [2.05, 4.69) is 32.2 Å². The smallest absolute Gasteiger partial charge is 0.297 e. The molecule has 0 saturated carbocycles. The van der Waals surface area contributed by atoms with E-state index in [0.717, 1.165) is 18.8 Å². The summed E-state index contributed by atoms with van der Waals surface area (Å²) in [6.45, 7) is 4.48. The van der Waals surface area contributed by atoms with Crippen molar-refractivity contribution in [2.45, 2.75) is 13.5 Å². The summed E-state index contributed by atoms with van der Waals surface area (Å²) in [6, 6.07) is 13.7. The van der Waals surface area contributed by atoms with E-state index in [1.54, 1.807) is 29.7 Å². The Kier molecular flexibility index (Phi) is 4.42. The van der Waals surface area contributed by atoms with Gasteiger partial charge in [0.2, 0.25) is 11.6 Å². The van der Waals surface area contributed by atoms with Gasteiger partial charge in [-0.25, -0.2) is 4.98 Å². The number of benzene rings is 1. The molecule has 3 aromatic heterocycles. The van der Waals surface area contributed by atoms with Gasteiger partial charge in [-0.2, -0.15) is 0 Å². The highest BCUT2D eigenvalue weighted by Crippen LogP contribution is 2.17. The lowest BCUT2D eigenvalue weighted by Gasteiger charge is -2.36. The van der Waals surface area contributed by atoms with Crippen molar-refractivity contribution in [3.8, 4) is 0 Å². The number of nitrogens with zero attached hydrogens (tertiary/aromatic N) is 7. The second-order valence-electron chi connectivity index (χ2n) is 7.35. The van der Waals surface area contributed by atoms with E-state index in [1.165, 1.54) is 4.57 Å². The number of pyridine rings is 1. The Labute approximate surface area is 172 Å². The third kappa shape index (κ3) is 2.99. The average Bonchev–Trinajstić information content (AvgIpc) is 3.19. The molecule has 30 heavy (non-hydrogen) atoms. The Balaban J connectivity index is 1.41. The summed E-state index contributed by atoms with van der Waals surface area (Å²) in [5.74, 6) is 0.497. The van der Waals surface area contributed by atoms with Crippen LogP contribution >= 0.6 is 0 Å². The van der Waals surface area contributed by atoms with Gasteiger partial charge in [-0.3, -0.25) is 18.6 Å². The van der Waals surface area contributed by atoms with Crippen LogP contribution in [0.15, 0.2) is 53.5 Å². The first-order valence-corrected chi connectivity index (χ1v) is 9.90. The summed E-state index contributed by atoms with van der Waals surface area (Å²) < 4.78 is 3.09. The maximum atomic E-state index is 13.0. The Hall–Kier alpha value is -3.75. The van der Waals surface area contributed by atoms with Gasteiger partial charge in [0.05, 0.1) is 5.52 Å². The van der Waals surface area contributed by atoms with Crippen LogP contribution in [0, 0.1) is 6.92 Å². The zero-order valence-electron chi connectivity index (χ0n) is 16.6. The minimum Gasteiger partial charge on any atom is -0.368 e. The molecule has 1 aliphatic rings. The largest absolute Gasteiger partial charge is 0.368 e. The van der Waals surface area contributed by atoms with E-state index < -0.39 is 0 Å². The summed E-state index contributed by atoms with van der Waals surface area (Å²) in [7, 11) is 0. The third-order valence-electron chi connectivity index (χ3n) is 5.58. The Morgan fingerprint density at radius 3 is 2.50 bits per heavy atom. The van der Waals surface area contributed by atoms with Gasteiger partial charge in [-0.1, -0.05) is 18.2 Å². The van der Waals surface area contributed by atoms with Crippen LogP contribution in [0.25, 0.3) is 16.8 Å². The number of amides is 1. The maximum absolute atomic E-state index is 13.0. The molecule has 0 aliphatic carbocycles. The van der Waals surface area contributed by atoms with Crippen LogP contribution in [0.5, 0.6) is 0 Å². The molecule has 4 heterocycles. The minimum atomic E-state index is -0.340. The maximum Gasteiger partial charge on any atom is 0.297 e. The standard InChI is InChI=1S/C21H21N7O2/c1-15-23-24-20-21(30)27(17-8-5-9-22-19(17)28(15)20)14-18(29)26-12-10-25(11-13-26)16-6-3-2-4-7-16/h2-9H,10-14H2,1H3. The molecule has 1 fully saturated rings. The van der Waals surface area contributed by atoms with E-state index >= 15 is 0 Å². The molecule has 9 nitrogen and oxygen atoms in total. The number of piperazine rings is 1. The molecule has 0 atom stereocenters. The first-order chi connectivity index (χ1) is 14.6. The Morgan fingerprint density at radius 1 is 0.967 bits per heavy atom. The van der Waals surface area contributed by atoms with Gasteiger partial charge >= 0.3 is 0 Å². The lowest BCUT2D eigenvalue weighted by molar-refractivity contribution is -0.132. The highest BCUT2D eigenvalue weighted by Gasteiger charge is 2.23. The van der Waals surface area contributed by atoms with Crippen LogP contribution in [-0.2, 0) is 11.3 Å². The molecule has 1 saturated heterocycles. The molecule has 4 aromatic rings. The zero-order valence-corrected chi connectivity index (χ0v) is 16.6. The Bertz CT molecular complexity index is 1290. The molecule has 0 unspecified atom stereocenters. The lowest BCUT2D eigenvalue weighted by atomic mass is 10.2. The van der Waals surface area contributed by atoms with Crippen molar-refractivity contribution in [1.29, 1.82) is 0 Å². The van der Waals surface area contributed by atoms with Gasteiger partial charge in [-0.05, 0) is 31.2 Å². The van der Waals surface area contributed by atoms with Crippen LogP contribution in [0.4, 0.5) is 5.69 Å². The minimum absolute atomic E-state index is 0.0469. The summed E-state index contributed by atoms with van der Waals surface area (Å²) in [6.07, 6.45) is 1.65. The van der Waals surface area contributed by atoms with Crippen LogP contribution in [-0.4, -0.2) is 61.1 Å². The monoisotopic (exact) mass is 403 g/mol. The van der Waals surface area contributed by atoms with Gasteiger partial charge in [0.1, 0.15) is 12.4 Å². The molecule has 152 valence electrons. The lowest BCUT2D eigenvalue weighted by Crippen LogP contribution is -2.50. The van der Waals surface area contributed by atoms with E-state index in [9.17, 15) is 9.59 Å². The summed E-state index contributed by atoms with van der Waals surface area (Å²) >= 11 is 0. The van der Waals surface area contributed by atoms with Gasteiger partial charge < -0.3 is 9.80 Å². The SMILES string of the molecule is Cc1nnc2c(=O)n(CC(=O)N3CCN(c4ccccc4)CC3)c3cccnc3n12. The molecule has 1 aliphatic heterocycles. The van der Waals surface area contributed by atoms with Gasteiger partial charge in [0, 0.05) is 38.1 Å². The fraction of sp³-hybridized carbons (Fsp3) is 0.286. The molecule has 0 radical (unpaired) electrons. The summed E-state index contributed by atoms with van der Waals surface area (Å²) in [5.41, 5.74) is 2.16. The van der Waals surface area contributed by atoms with Gasteiger partial charge in [0.25, 0.3) is 5.56 Å². The summed E-state index contributed by atoms with van der Waals surface area (Å²) in [4.78, 5) is 34.6. The molecular formula is C21H21N7O2. The van der Waals surface area contributed by atoms with Crippen LogP contribution in [0.2, 0.25) is 0 Å². The van der Waals surface area contributed by atoms with Crippen molar-refractivity contribution >= 4 is 28.4 Å². The molecule has 9 heteroatoms. The number of fused-ring (bicyclic) bond motifs is 3. The predicted molar refractivity (Wildman–Crippen MR) is 113 cm³/mol. The number of rotatable bonds is 3. The molecular weight excluding hydrogens is 382 g/mol. The van der Waals surface area contributed by atoms with E-state index in [0.29, 0.717) is 30.1 Å². The van der Waals surface area contributed by atoms with Crippen LogP contribution in [0.1, 0.15) is 5.82 Å². The topological polar surface area (TPSA) is 88.6 Å². The number of anilines is 1. The van der Waals surface area contributed by atoms with E-state index in [1.807, 2.05) is 23.1 Å². The molecule has 0 N–H and O–H groups in total. The van der Waals surface area contributed by atoms with Crippen LogP contribution < -0.4 is 10.5 Å². The second-order valence-corrected chi connectivity index (χ2v) is 7.35. The molecule has 0 bridgehead atoms. The normalized spacial score (nSPS) is 14.6. The third-order valence-corrected chi connectivity index (χ3v) is 5.58. The number of aryl methyl sites for hydroxylation is 1. The van der Waals surface area contributed by atoms with Crippen molar-refractivity contribution < 1.29 is 4.79 Å². The first kappa shape index (κ1) is 18.3. The highest BCUT2D eigenvalue weighted by molar-refractivity contribution is 5.80. The van der Waals surface area contributed by atoms with Gasteiger partial charge in [-0.15, -0.1) is 10.2 Å². The molecule has 0 spiro atoms. The van der Waals surface area contributed by atoms with Crippen molar-refractivity contribution in [2.24, 2.45) is 0 Å². The number of hydrogen-bond donors (Lipinski definition) is 0. The zero-order chi connectivity index (χ0) is 20.7. The summed E-state index contributed by atoms with van der Waals surface area (Å²) in [5, 5.41) is 8.01. The van der Waals surface area contributed by atoms with Crippen molar-refractivity contribution in [2.75, 3.05) is 31.1 Å². The molecule has 1 aromatic carbocycles. The molecule has 1 amide bonds. The fourth-order valence-corrected chi connectivity index (χ4v) is 4.00. The van der Waals surface area contributed by atoms with Gasteiger partial charge in [0.15, 0.2) is 5.65 Å². The van der Waals surface area contributed by atoms with E-state index in [-0.39, 0.29) is 23.7 Å². The number of hydrogen-bond acceptors (Lipinski definition) is 6. The predicted octanol–water partition coefficient (Wildman–Crippen LogP) is 1.10. The van der Waals surface area contributed by atoms with Crippen LogP contribution in [0.3, 0.4) is 0 Å². The molecule has 5 rings (SSSR count). The van der Waals surface area contributed by atoms with Crippen molar-refractivity contribution in [3.63, 3.8) is 0 Å². The average molecular weight is 403 g/mol. The number of carbonyl (C=O) groups is 1. The van der Waals surface area contributed by atoms with Crippen molar-refractivity contribution in [1.82, 2.24) is 29.0 Å². The first-order valence-electron chi connectivity index (χ1n) is 9.90. The number of aromatic nitrogens is 5. The Morgan fingerprint density at radius 2 is 1.73 bits per heavy atom. The number of carbonyl (C=O) groups excluding carboxylic acids is 1. The fourth-order valence-electron chi connectivity index (χ4n) is 4.00. The second kappa shape index (κ2) is 7.25. The van der Waals surface area contributed by atoms with Crippen molar-refractivity contribution in [3.05, 3.63) is 64.8 Å². The highest BCUT2D eigenvalue weighted by atomic mass is 16.2.